The lowest BCUT2D eigenvalue weighted by molar-refractivity contribution is -0.119. The highest BCUT2D eigenvalue weighted by Crippen LogP contribution is 2.61. The lowest BCUT2D eigenvalue weighted by atomic mass is 10.0. The van der Waals surface area contributed by atoms with E-state index in [2.05, 4.69) is 38.1 Å². The largest absolute Gasteiger partial charge is 0.300 e. The van der Waals surface area contributed by atoms with Crippen molar-refractivity contribution in [3.8, 4) is 0 Å². The highest BCUT2D eigenvalue weighted by molar-refractivity contribution is 8.19. The molecule has 0 aromatic heterocycles. The summed E-state index contributed by atoms with van der Waals surface area (Å²) in [5.41, 5.74) is 0. The monoisotopic (exact) mass is 252 g/mol. The van der Waals surface area contributed by atoms with E-state index in [9.17, 15) is 4.79 Å². The van der Waals surface area contributed by atoms with Crippen molar-refractivity contribution in [2.45, 2.75) is 31.8 Å². The molecule has 0 unspecified atom stereocenters. The summed E-state index contributed by atoms with van der Waals surface area (Å²) in [4.78, 5) is 11.6. The molecule has 0 aliphatic carbocycles. The molecule has 1 aliphatic rings. The molecule has 1 aliphatic heterocycles. The Labute approximate surface area is 102 Å². The Morgan fingerprint density at radius 2 is 1.88 bits per heavy atom. The number of rotatable bonds is 1. The summed E-state index contributed by atoms with van der Waals surface area (Å²) in [5.74, 6) is 0.376. The van der Waals surface area contributed by atoms with Gasteiger partial charge in [0.1, 0.15) is 5.78 Å². The number of benzene rings is 1. The summed E-state index contributed by atoms with van der Waals surface area (Å²) < 4.78 is 0. The number of carbonyl (C=O) groups excluding carboxylic acids is 1. The molecule has 2 rings (SSSR count). The van der Waals surface area contributed by atoms with Crippen LogP contribution in [-0.2, 0) is 16.6 Å². The zero-order valence-electron chi connectivity index (χ0n) is 9.77. The van der Waals surface area contributed by atoms with Gasteiger partial charge in [-0.2, -0.15) is 0 Å². The fourth-order valence-electron chi connectivity index (χ4n) is 2.43. The van der Waals surface area contributed by atoms with Gasteiger partial charge in [-0.1, -0.05) is 56.0 Å². The average molecular weight is 252 g/mol. The molecular weight excluding hydrogens is 235 g/mol. The van der Waals surface area contributed by atoms with Crippen LogP contribution < -0.4 is 5.30 Å². The molecule has 0 spiro atoms. The first-order valence-electron chi connectivity index (χ1n) is 5.62. The Balaban J connectivity index is 2.46. The van der Waals surface area contributed by atoms with Gasteiger partial charge in [-0.15, -0.1) is 0 Å². The summed E-state index contributed by atoms with van der Waals surface area (Å²) in [6, 6.07) is 8.80. The van der Waals surface area contributed by atoms with Gasteiger partial charge in [0.25, 0.3) is 0 Å². The quantitative estimate of drug-likeness (QED) is 0.715. The molecule has 1 heterocycles. The van der Waals surface area contributed by atoms with Gasteiger partial charge in [0, 0.05) is 18.0 Å². The normalized spacial score (nSPS) is 29.0. The molecule has 16 heavy (non-hydrogen) atoms. The van der Waals surface area contributed by atoms with Crippen LogP contribution in [0.15, 0.2) is 30.3 Å². The number of hydrogen-bond acceptors (Lipinski definition) is 2. The molecule has 3 heteroatoms. The maximum Gasteiger partial charge on any atom is 0.134 e. The Hall–Kier alpha value is -0.460. The minimum atomic E-state index is -1.59. The molecule has 0 radical (unpaired) electrons. The van der Waals surface area contributed by atoms with Crippen molar-refractivity contribution < 1.29 is 4.79 Å². The summed E-state index contributed by atoms with van der Waals surface area (Å²) in [5, 5.41) is 1.28. The average Bonchev–Trinajstić information content (AvgIpc) is 2.25. The summed E-state index contributed by atoms with van der Waals surface area (Å²) in [6.07, 6.45) is 2.23. The molecule has 0 saturated carbocycles. The number of Topliss-reactive ketones (excluding diaryl/α,β-unsaturated/α-hetero) is 1. The van der Waals surface area contributed by atoms with Gasteiger partial charge >= 0.3 is 0 Å². The van der Waals surface area contributed by atoms with Crippen LogP contribution in [0, 0.1) is 0 Å². The van der Waals surface area contributed by atoms with Crippen LogP contribution >= 0.6 is 6.04 Å². The van der Waals surface area contributed by atoms with Gasteiger partial charge in [-0.25, -0.2) is 0 Å². The van der Waals surface area contributed by atoms with Crippen LogP contribution in [0.3, 0.4) is 0 Å². The van der Waals surface area contributed by atoms with Gasteiger partial charge in [0.2, 0.25) is 0 Å². The van der Waals surface area contributed by atoms with E-state index in [1.165, 1.54) is 5.30 Å². The minimum absolute atomic E-state index is 0.0149. The third-order valence-corrected chi connectivity index (χ3v) is 10.2. The highest BCUT2D eigenvalue weighted by Gasteiger charge is 2.42. The number of ketones is 1. The topological polar surface area (TPSA) is 17.1 Å². The zero-order chi connectivity index (χ0) is 11.8. The molecule has 0 amide bonds. The van der Waals surface area contributed by atoms with Gasteiger partial charge in [0.05, 0.1) is 0 Å². The molecule has 1 aromatic carbocycles. The maximum absolute atomic E-state index is 11.6. The lowest BCUT2D eigenvalue weighted by Gasteiger charge is -2.41. The SMILES string of the molecule is CC1(C)CC(=O)CC[P@]1(=S)c1ccccc1. The number of carbonyl (C=O) groups is 1. The Morgan fingerprint density at radius 3 is 2.44 bits per heavy atom. The van der Waals surface area contributed by atoms with Crippen LogP contribution in [0.4, 0.5) is 0 Å². The second-order valence-electron chi connectivity index (χ2n) is 5.08. The molecule has 1 atom stereocenters. The fraction of sp³-hybridized carbons (Fsp3) is 0.462. The van der Waals surface area contributed by atoms with Gasteiger partial charge in [-0.05, 0) is 17.5 Å². The summed E-state index contributed by atoms with van der Waals surface area (Å²) in [7, 11) is 0. The van der Waals surface area contributed by atoms with E-state index in [-0.39, 0.29) is 5.16 Å². The van der Waals surface area contributed by atoms with Crippen molar-refractivity contribution in [3.05, 3.63) is 30.3 Å². The van der Waals surface area contributed by atoms with E-state index >= 15 is 0 Å². The first kappa shape index (κ1) is 12.0. The minimum Gasteiger partial charge on any atom is -0.300 e. The zero-order valence-corrected chi connectivity index (χ0v) is 11.5. The summed E-state index contributed by atoms with van der Waals surface area (Å²) >= 11 is 5.97. The second kappa shape index (κ2) is 4.09. The van der Waals surface area contributed by atoms with Crippen LogP contribution in [0.1, 0.15) is 26.7 Å². The highest BCUT2D eigenvalue weighted by atomic mass is 32.4. The standard InChI is InChI=1S/C13H17OPS/c1-13(2)10-11(14)8-9-15(13,16)12-6-4-3-5-7-12/h3-7H,8-10H2,1-2H3/t15-/m0/s1. The molecule has 1 saturated heterocycles. The van der Waals surface area contributed by atoms with Crippen molar-refractivity contribution in [2.75, 3.05) is 6.16 Å². The Kier molecular flexibility index (Phi) is 3.07. The first-order valence-corrected chi connectivity index (χ1v) is 8.61. The van der Waals surface area contributed by atoms with Gasteiger partial charge in [0.15, 0.2) is 0 Å². The second-order valence-corrected chi connectivity index (χ2v) is 10.6. The van der Waals surface area contributed by atoms with E-state index < -0.39 is 6.04 Å². The van der Waals surface area contributed by atoms with Crippen molar-refractivity contribution >= 4 is 28.9 Å². The third-order valence-electron chi connectivity index (χ3n) is 3.49. The van der Waals surface area contributed by atoms with Crippen molar-refractivity contribution in [2.24, 2.45) is 0 Å². The van der Waals surface area contributed by atoms with E-state index in [1.807, 2.05) is 6.07 Å². The fourth-order valence-corrected chi connectivity index (χ4v) is 6.48. The summed E-state index contributed by atoms with van der Waals surface area (Å²) in [6.45, 7) is 4.33. The van der Waals surface area contributed by atoms with Crippen molar-refractivity contribution in [3.63, 3.8) is 0 Å². The van der Waals surface area contributed by atoms with Crippen LogP contribution in [0.2, 0.25) is 0 Å². The molecule has 1 nitrogen and oxygen atoms in total. The molecule has 0 bridgehead atoms. The smallest absolute Gasteiger partial charge is 0.134 e. The van der Waals surface area contributed by atoms with E-state index in [0.29, 0.717) is 18.6 Å². The molecular formula is C13H17OPS. The Morgan fingerprint density at radius 1 is 1.25 bits per heavy atom. The lowest BCUT2D eigenvalue weighted by Crippen LogP contribution is -2.35. The van der Waals surface area contributed by atoms with E-state index in [1.54, 1.807) is 0 Å². The predicted octanol–water partition coefficient (Wildman–Crippen LogP) is 2.93. The third kappa shape index (κ3) is 1.89. The molecule has 0 N–H and O–H groups in total. The van der Waals surface area contributed by atoms with E-state index in [0.717, 1.165) is 6.16 Å². The maximum atomic E-state index is 11.6. The molecule has 1 fully saturated rings. The van der Waals surface area contributed by atoms with Crippen LogP contribution in [-0.4, -0.2) is 17.1 Å². The van der Waals surface area contributed by atoms with Gasteiger partial charge < -0.3 is 0 Å². The Bertz CT molecular complexity index is 450. The molecule has 1 aromatic rings. The van der Waals surface area contributed by atoms with Crippen molar-refractivity contribution in [1.82, 2.24) is 0 Å². The van der Waals surface area contributed by atoms with E-state index in [4.69, 9.17) is 11.8 Å². The predicted molar refractivity (Wildman–Crippen MR) is 73.5 cm³/mol. The van der Waals surface area contributed by atoms with Crippen LogP contribution in [0.5, 0.6) is 0 Å². The number of hydrogen-bond donors (Lipinski definition) is 0. The van der Waals surface area contributed by atoms with Crippen LogP contribution in [0.25, 0.3) is 0 Å². The van der Waals surface area contributed by atoms with Gasteiger partial charge in [-0.3, -0.25) is 4.79 Å². The first-order chi connectivity index (χ1) is 7.46. The molecule has 86 valence electrons. The van der Waals surface area contributed by atoms with Crippen molar-refractivity contribution in [1.29, 1.82) is 0 Å².